The van der Waals surface area contributed by atoms with Crippen LogP contribution in [0.25, 0.3) is 4.96 Å². The molecule has 8 nitrogen and oxygen atoms in total. The van der Waals surface area contributed by atoms with Gasteiger partial charge in [0.15, 0.2) is 4.96 Å². The summed E-state index contributed by atoms with van der Waals surface area (Å²) in [6, 6.07) is 4.71. The number of carbonyl (C=O) groups excluding carboxylic acids is 1. The number of nitro groups is 1. The number of rotatable bonds is 4. The first-order valence-electron chi connectivity index (χ1n) is 6.52. The van der Waals surface area contributed by atoms with Crippen molar-refractivity contribution in [3.8, 4) is 0 Å². The lowest BCUT2D eigenvalue weighted by atomic mass is 10.2. The second-order valence-electron chi connectivity index (χ2n) is 4.64. The first-order valence-corrected chi connectivity index (χ1v) is 7.78. The van der Waals surface area contributed by atoms with Crippen LogP contribution in [0.1, 0.15) is 16.1 Å². The van der Waals surface area contributed by atoms with Crippen molar-refractivity contribution in [2.45, 2.75) is 6.61 Å². The highest BCUT2D eigenvalue weighted by Crippen LogP contribution is 2.23. The highest BCUT2D eigenvalue weighted by Gasteiger charge is 2.16. The van der Waals surface area contributed by atoms with Gasteiger partial charge in [-0.3, -0.25) is 19.3 Å². The molecule has 122 valence electrons. The Morgan fingerprint density at radius 2 is 2.21 bits per heavy atom. The van der Waals surface area contributed by atoms with Crippen molar-refractivity contribution in [1.29, 1.82) is 0 Å². The van der Waals surface area contributed by atoms with Crippen molar-refractivity contribution < 1.29 is 14.5 Å². The molecule has 1 aromatic carbocycles. The van der Waals surface area contributed by atoms with Crippen LogP contribution in [0.5, 0.6) is 0 Å². The Kier molecular flexibility index (Phi) is 4.28. The predicted molar refractivity (Wildman–Crippen MR) is 86.6 cm³/mol. The largest absolute Gasteiger partial charge is 0.456 e. The lowest BCUT2D eigenvalue weighted by molar-refractivity contribution is -0.384. The van der Waals surface area contributed by atoms with Crippen LogP contribution < -0.4 is 5.56 Å². The molecule has 0 aliphatic heterocycles. The van der Waals surface area contributed by atoms with Gasteiger partial charge in [-0.15, -0.1) is 11.3 Å². The minimum atomic E-state index is -0.761. The van der Waals surface area contributed by atoms with E-state index in [1.54, 1.807) is 11.6 Å². The van der Waals surface area contributed by atoms with Crippen LogP contribution in [-0.4, -0.2) is 20.3 Å². The summed E-state index contributed by atoms with van der Waals surface area (Å²) >= 11 is 7.15. The lowest BCUT2D eigenvalue weighted by Gasteiger charge is -2.06. The monoisotopic (exact) mass is 365 g/mol. The molecule has 0 radical (unpaired) electrons. The number of nitrogens with zero attached hydrogens (tertiary/aromatic N) is 3. The number of nitro benzene ring substituents is 1. The van der Waals surface area contributed by atoms with E-state index in [0.717, 1.165) is 12.1 Å². The minimum Gasteiger partial charge on any atom is -0.456 e. The number of hydrogen-bond acceptors (Lipinski definition) is 7. The second-order valence-corrected chi connectivity index (χ2v) is 5.92. The van der Waals surface area contributed by atoms with Crippen LogP contribution in [0.3, 0.4) is 0 Å². The Morgan fingerprint density at radius 3 is 2.92 bits per heavy atom. The molecule has 3 rings (SSSR count). The summed E-state index contributed by atoms with van der Waals surface area (Å²) in [6.07, 6.45) is 1.60. The zero-order valence-electron chi connectivity index (χ0n) is 11.8. The average molecular weight is 366 g/mol. The summed E-state index contributed by atoms with van der Waals surface area (Å²) in [5.74, 6) is -0.761. The number of aromatic nitrogens is 2. The molecule has 0 aliphatic rings. The number of esters is 1. The fourth-order valence-corrected chi connectivity index (χ4v) is 2.95. The van der Waals surface area contributed by atoms with Gasteiger partial charge in [0.25, 0.3) is 11.2 Å². The fourth-order valence-electron chi connectivity index (χ4n) is 1.96. The van der Waals surface area contributed by atoms with E-state index in [0.29, 0.717) is 10.7 Å². The van der Waals surface area contributed by atoms with Gasteiger partial charge in [-0.1, -0.05) is 11.6 Å². The molecule has 3 aromatic rings. The van der Waals surface area contributed by atoms with E-state index in [1.165, 1.54) is 27.9 Å². The summed E-state index contributed by atoms with van der Waals surface area (Å²) in [6.45, 7) is -0.213. The molecular weight excluding hydrogens is 358 g/mol. The van der Waals surface area contributed by atoms with E-state index in [2.05, 4.69) is 4.98 Å². The molecule has 0 spiro atoms. The van der Waals surface area contributed by atoms with Crippen LogP contribution in [0, 0.1) is 10.1 Å². The minimum absolute atomic E-state index is 0.00353. The van der Waals surface area contributed by atoms with E-state index in [1.807, 2.05) is 0 Å². The predicted octanol–water partition coefficient (Wildman–Crippen LogP) is 2.67. The van der Waals surface area contributed by atoms with Gasteiger partial charge in [-0.05, 0) is 6.07 Å². The maximum absolute atomic E-state index is 12.0. The third-order valence-corrected chi connectivity index (χ3v) is 4.16. The fraction of sp³-hybridized carbons (Fsp3) is 0.0714. The number of hydrogen-bond donors (Lipinski definition) is 0. The number of carbonyl (C=O) groups is 1. The number of non-ortho nitro benzene ring substituents is 1. The third-order valence-electron chi connectivity index (χ3n) is 3.09. The Labute approximate surface area is 143 Å². The molecular formula is C14H8ClN3O5S. The van der Waals surface area contributed by atoms with Gasteiger partial charge in [0.05, 0.1) is 21.2 Å². The molecule has 2 heterocycles. The molecule has 24 heavy (non-hydrogen) atoms. The van der Waals surface area contributed by atoms with Gasteiger partial charge in [-0.25, -0.2) is 9.78 Å². The summed E-state index contributed by atoms with van der Waals surface area (Å²) in [4.78, 5) is 38.6. The standard InChI is InChI=1S/C14H8ClN3O5S/c15-11-6-9(18(21)22)1-2-10(11)13(20)23-7-8-5-12(19)17-3-4-24-14(17)16-8/h1-6H,7H2. The molecule has 0 unspecified atom stereocenters. The van der Waals surface area contributed by atoms with Crippen LogP contribution >= 0.6 is 22.9 Å². The Morgan fingerprint density at radius 1 is 1.42 bits per heavy atom. The zero-order chi connectivity index (χ0) is 17.3. The lowest BCUT2D eigenvalue weighted by Crippen LogP contribution is -2.14. The topological polar surface area (TPSA) is 104 Å². The van der Waals surface area contributed by atoms with Crippen molar-refractivity contribution in [2.75, 3.05) is 0 Å². The maximum atomic E-state index is 12.0. The Hall–Kier alpha value is -2.78. The number of benzene rings is 1. The van der Waals surface area contributed by atoms with Gasteiger partial charge in [0.1, 0.15) is 6.61 Å². The summed E-state index contributed by atoms with van der Waals surface area (Å²) in [5, 5.41) is 12.3. The molecule has 0 atom stereocenters. The molecule has 0 bridgehead atoms. The summed E-state index contributed by atoms with van der Waals surface area (Å²) < 4.78 is 6.45. The van der Waals surface area contributed by atoms with Gasteiger partial charge in [0.2, 0.25) is 0 Å². The molecule has 10 heteroatoms. The van der Waals surface area contributed by atoms with Gasteiger partial charge < -0.3 is 4.74 Å². The van der Waals surface area contributed by atoms with Crippen molar-refractivity contribution >= 4 is 39.6 Å². The first kappa shape index (κ1) is 16.1. The van der Waals surface area contributed by atoms with Crippen molar-refractivity contribution in [2.24, 2.45) is 0 Å². The van der Waals surface area contributed by atoms with E-state index in [4.69, 9.17) is 16.3 Å². The smallest absolute Gasteiger partial charge is 0.340 e. The van der Waals surface area contributed by atoms with Gasteiger partial charge in [-0.2, -0.15) is 0 Å². The van der Waals surface area contributed by atoms with Crippen molar-refractivity contribution in [3.63, 3.8) is 0 Å². The third kappa shape index (κ3) is 3.12. The summed E-state index contributed by atoms with van der Waals surface area (Å²) in [7, 11) is 0. The van der Waals surface area contributed by atoms with Crippen LogP contribution in [-0.2, 0) is 11.3 Å². The SMILES string of the molecule is O=C(OCc1cc(=O)n2ccsc2n1)c1ccc([N+](=O)[O-])cc1Cl. The van der Waals surface area contributed by atoms with Crippen LogP contribution in [0.4, 0.5) is 5.69 Å². The normalized spacial score (nSPS) is 10.7. The summed E-state index contributed by atoms with van der Waals surface area (Å²) in [5.41, 5.74) is -0.208. The highest BCUT2D eigenvalue weighted by atomic mass is 35.5. The molecule has 2 aromatic heterocycles. The molecule has 0 N–H and O–H groups in total. The van der Waals surface area contributed by atoms with Crippen LogP contribution in [0.15, 0.2) is 40.6 Å². The van der Waals surface area contributed by atoms with E-state index in [-0.39, 0.29) is 28.4 Å². The number of thiazole rings is 1. The molecule has 0 aliphatic carbocycles. The van der Waals surface area contributed by atoms with E-state index in [9.17, 15) is 19.7 Å². The first-order chi connectivity index (χ1) is 11.5. The molecule has 0 saturated carbocycles. The van der Waals surface area contributed by atoms with Crippen molar-refractivity contribution in [1.82, 2.24) is 9.38 Å². The number of ether oxygens (including phenoxy) is 1. The highest BCUT2D eigenvalue weighted by molar-refractivity contribution is 7.15. The van der Waals surface area contributed by atoms with Crippen molar-refractivity contribution in [3.05, 3.63) is 72.6 Å². The van der Waals surface area contributed by atoms with Gasteiger partial charge >= 0.3 is 5.97 Å². The van der Waals surface area contributed by atoms with E-state index >= 15 is 0 Å². The average Bonchev–Trinajstić information content (AvgIpc) is 3.01. The second kappa shape index (κ2) is 6.38. The maximum Gasteiger partial charge on any atom is 0.340 e. The zero-order valence-corrected chi connectivity index (χ0v) is 13.4. The van der Waals surface area contributed by atoms with E-state index < -0.39 is 10.9 Å². The van der Waals surface area contributed by atoms with Crippen LogP contribution in [0.2, 0.25) is 5.02 Å². The molecule has 0 saturated heterocycles. The molecule has 0 fully saturated rings. The number of fused-ring (bicyclic) bond motifs is 1. The Bertz CT molecular complexity index is 1010. The Balaban J connectivity index is 1.77. The molecule has 0 amide bonds. The van der Waals surface area contributed by atoms with Gasteiger partial charge in [0, 0.05) is 29.8 Å². The quantitative estimate of drug-likeness (QED) is 0.400. The number of halogens is 1.